The van der Waals surface area contributed by atoms with Crippen LogP contribution in [0.4, 0.5) is 0 Å². The van der Waals surface area contributed by atoms with E-state index in [0.29, 0.717) is 38.2 Å². The smallest absolute Gasteiger partial charge is 0.225 e. The number of ether oxygens (including phenoxy) is 2. The molecule has 0 aromatic carbocycles. The minimum atomic E-state index is 0.137. The number of carbonyl (C=O) groups excluding carboxylic acids is 1. The minimum absolute atomic E-state index is 0.137. The summed E-state index contributed by atoms with van der Waals surface area (Å²) in [5, 5.41) is 4.27. The molecule has 7 nitrogen and oxygen atoms in total. The van der Waals surface area contributed by atoms with Gasteiger partial charge in [-0.15, -0.1) is 11.3 Å². The van der Waals surface area contributed by atoms with Crippen molar-refractivity contribution < 1.29 is 14.3 Å². The quantitative estimate of drug-likeness (QED) is 0.471. The van der Waals surface area contributed by atoms with E-state index < -0.39 is 0 Å². The van der Waals surface area contributed by atoms with E-state index in [4.69, 9.17) is 14.5 Å². The topological polar surface area (TPSA) is 76.6 Å². The summed E-state index contributed by atoms with van der Waals surface area (Å²) >= 11 is 1.61. The van der Waals surface area contributed by atoms with E-state index in [1.807, 2.05) is 26.1 Å². The average Bonchev–Trinajstić information content (AvgIpc) is 3.15. The molecule has 1 fully saturated rings. The lowest BCUT2D eigenvalue weighted by Crippen LogP contribution is -2.38. The van der Waals surface area contributed by atoms with Gasteiger partial charge in [-0.25, -0.2) is 9.97 Å². The summed E-state index contributed by atoms with van der Waals surface area (Å²) in [6, 6.07) is 4.51. The molecular weight excluding hydrogens is 460 g/mol. The van der Waals surface area contributed by atoms with Crippen molar-refractivity contribution in [2.24, 2.45) is 5.92 Å². The summed E-state index contributed by atoms with van der Waals surface area (Å²) in [6.45, 7) is 9.14. The van der Waals surface area contributed by atoms with Gasteiger partial charge < -0.3 is 19.7 Å². The first-order valence-corrected chi connectivity index (χ1v) is 14.0. The van der Waals surface area contributed by atoms with Crippen molar-refractivity contribution in [1.29, 1.82) is 0 Å². The van der Waals surface area contributed by atoms with E-state index in [0.717, 1.165) is 61.1 Å². The Morgan fingerprint density at radius 1 is 1.17 bits per heavy atom. The Balaban J connectivity index is 1.14. The average molecular weight is 501 g/mol. The van der Waals surface area contributed by atoms with Gasteiger partial charge in [-0.1, -0.05) is 6.07 Å². The first-order chi connectivity index (χ1) is 17.1. The van der Waals surface area contributed by atoms with E-state index in [2.05, 4.69) is 21.3 Å². The molecule has 1 saturated carbocycles. The van der Waals surface area contributed by atoms with Crippen LogP contribution >= 0.6 is 11.3 Å². The molecule has 192 valence electrons. The van der Waals surface area contributed by atoms with Crippen LogP contribution in [0.15, 0.2) is 18.3 Å². The highest BCUT2D eigenvalue weighted by atomic mass is 32.1. The third kappa shape index (κ3) is 8.26. The standard InChI is InChI=1S/C27H40N4O3S/c1-3-33-16-17-34-27-9-6-22-11-14-31(15-12-25(22)30-27)13-10-21-4-7-23(8-5-21)29-26(32)18-24-19-28-20(2)35-24/h6,9,19,21,23H,3-5,7-8,10-18H2,1-2H3,(H,29,32)/t21-,23-. The van der Waals surface area contributed by atoms with Crippen molar-refractivity contribution in [3.05, 3.63) is 39.5 Å². The maximum Gasteiger partial charge on any atom is 0.225 e. The highest BCUT2D eigenvalue weighted by molar-refractivity contribution is 7.11. The fourth-order valence-electron chi connectivity index (χ4n) is 5.15. The Bertz CT molecular complexity index is 942. The third-order valence-electron chi connectivity index (χ3n) is 7.16. The van der Waals surface area contributed by atoms with Crippen molar-refractivity contribution in [2.75, 3.05) is 39.5 Å². The first-order valence-electron chi connectivity index (χ1n) is 13.2. The second kappa shape index (κ2) is 13.3. The van der Waals surface area contributed by atoms with E-state index in [1.165, 1.54) is 30.5 Å². The summed E-state index contributed by atoms with van der Waals surface area (Å²) in [5.74, 6) is 1.61. The number of rotatable bonds is 11. The Hall–Kier alpha value is -2.03. The van der Waals surface area contributed by atoms with Crippen LogP contribution in [-0.4, -0.2) is 66.3 Å². The predicted molar refractivity (Wildman–Crippen MR) is 139 cm³/mol. The molecule has 0 saturated heterocycles. The Labute approximate surface area is 213 Å². The zero-order valence-corrected chi connectivity index (χ0v) is 22.1. The fourth-order valence-corrected chi connectivity index (χ4v) is 5.94. The number of hydrogen-bond acceptors (Lipinski definition) is 7. The Morgan fingerprint density at radius 2 is 2.00 bits per heavy atom. The number of nitrogens with one attached hydrogen (secondary N) is 1. The fraction of sp³-hybridized carbons (Fsp3) is 0.667. The molecule has 1 N–H and O–H groups in total. The molecule has 1 aliphatic heterocycles. The number of carbonyl (C=O) groups is 1. The zero-order chi connectivity index (χ0) is 24.5. The summed E-state index contributed by atoms with van der Waals surface area (Å²) in [5.41, 5.74) is 2.54. The van der Waals surface area contributed by atoms with Gasteiger partial charge in [0.15, 0.2) is 0 Å². The Morgan fingerprint density at radius 3 is 2.77 bits per heavy atom. The second-order valence-electron chi connectivity index (χ2n) is 9.74. The van der Waals surface area contributed by atoms with Gasteiger partial charge in [-0.3, -0.25) is 4.79 Å². The molecule has 2 aromatic heterocycles. The third-order valence-corrected chi connectivity index (χ3v) is 8.07. The molecule has 0 bridgehead atoms. The molecule has 0 radical (unpaired) electrons. The first kappa shape index (κ1) is 26.0. The molecule has 1 amide bonds. The van der Waals surface area contributed by atoms with Crippen molar-refractivity contribution in [3.8, 4) is 5.88 Å². The molecule has 4 rings (SSSR count). The lowest BCUT2D eigenvalue weighted by molar-refractivity contribution is -0.121. The monoisotopic (exact) mass is 500 g/mol. The van der Waals surface area contributed by atoms with E-state index in [-0.39, 0.29) is 5.91 Å². The summed E-state index contributed by atoms with van der Waals surface area (Å²) in [6.07, 6.45) is 10.2. The van der Waals surface area contributed by atoms with Crippen molar-refractivity contribution in [1.82, 2.24) is 20.2 Å². The lowest BCUT2D eigenvalue weighted by atomic mass is 9.84. The second-order valence-corrected chi connectivity index (χ2v) is 11.1. The highest BCUT2D eigenvalue weighted by Gasteiger charge is 2.24. The number of amides is 1. The number of pyridine rings is 1. The van der Waals surface area contributed by atoms with Crippen LogP contribution in [0, 0.1) is 12.8 Å². The molecule has 0 spiro atoms. The van der Waals surface area contributed by atoms with Crippen molar-refractivity contribution in [3.63, 3.8) is 0 Å². The van der Waals surface area contributed by atoms with Crippen LogP contribution in [0.1, 0.15) is 60.2 Å². The van der Waals surface area contributed by atoms with Crippen LogP contribution in [0.3, 0.4) is 0 Å². The van der Waals surface area contributed by atoms with Gasteiger partial charge in [-0.05, 0) is 70.4 Å². The van der Waals surface area contributed by atoms with E-state index in [1.54, 1.807) is 11.3 Å². The number of aryl methyl sites for hydroxylation is 1. The predicted octanol–water partition coefficient (Wildman–Crippen LogP) is 3.97. The number of nitrogens with zero attached hydrogens (tertiary/aromatic N) is 3. The number of fused-ring (bicyclic) bond motifs is 1. The number of thiazole rings is 1. The van der Waals surface area contributed by atoms with Gasteiger partial charge >= 0.3 is 0 Å². The lowest BCUT2D eigenvalue weighted by Gasteiger charge is -2.30. The molecular formula is C27H40N4O3S. The minimum Gasteiger partial charge on any atom is -0.475 e. The molecule has 8 heteroatoms. The summed E-state index contributed by atoms with van der Waals surface area (Å²) in [7, 11) is 0. The van der Waals surface area contributed by atoms with Crippen molar-refractivity contribution in [2.45, 2.75) is 71.3 Å². The van der Waals surface area contributed by atoms with E-state index >= 15 is 0 Å². The van der Waals surface area contributed by atoms with Gasteiger partial charge in [0.1, 0.15) is 6.61 Å². The number of aromatic nitrogens is 2. The van der Waals surface area contributed by atoms with Gasteiger partial charge in [-0.2, -0.15) is 0 Å². The highest BCUT2D eigenvalue weighted by Crippen LogP contribution is 2.28. The molecule has 0 atom stereocenters. The maximum absolute atomic E-state index is 12.4. The molecule has 35 heavy (non-hydrogen) atoms. The Kier molecular flexibility index (Phi) is 9.92. The molecule has 0 unspecified atom stereocenters. The van der Waals surface area contributed by atoms with Gasteiger partial charge in [0.2, 0.25) is 11.8 Å². The maximum atomic E-state index is 12.4. The van der Waals surface area contributed by atoms with Gasteiger partial charge in [0, 0.05) is 55.0 Å². The van der Waals surface area contributed by atoms with Crippen LogP contribution in [0.5, 0.6) is 5.88 Å². The summed E-state index contributed by atoms with van der Waals surface area (Å²) in [4.78, 5) is 25.0. The molecule has 2 aromatic rings. The van der Waals surface area contributed by atoms with Crippen LogP contribution in [0.25, 0.3) is 0 Å². The molecule has 2 aliphatic rings. The van der Waals surface area contributed by atoms with Gasteiger partial charge in [0.05, 0.1) is 18.0 Å². The van der Waals surface area contributed by atoms with Crippen molar-refractivity contribution >= 4 is 17.2 Å². The normalized spacial score (nSPS) is 20.7. The SMILES string of the molecule is CCOCCOc1ccc2c(n1)CCN(CC[C@H]1CC[C@H](NC(=O)Cc3cnc(C)s3)CC1)CC2. The van der Waals surface area contributed by atoms with E-state index in [9.17, 15) is 4.79 Å². The molecule has 3 heterocycles. The zero-order valence-electron chi connectivity index (χ0n) is 21.3. The van der Waals surface area contributed by atoms with Crippen LogP contribution in [-0.2, 0) is 28.8 Å². The number of hydrogen-bond donors (Lipinski definition) is 1. The summed E-state index contributed by atoms with van der Waals surface area (Å²) < 4.78 is 11.1. The molecule has 1 aliphatic carbocycles. The largest absolute Gasteiger partial charge is 0.475 e. The van der Waals surface area contributed by atoms with Gasteiger partial charge in [0.25, 0.3) is 0 Å². The van der Waals surface area contributed by atoms with Crippen LogP contribution < -0.4 is 10.1 Å². The van der Waals surface area contributed by atoms with Crippen LogP contribution in [0.2, 0.25) is 0 Å².